The molecule has 0 bridgehead atoms. The zero-order valence-corrected chi connectivity index (χ0v) is 11.3. The lowest BCUT2D eigenvalue weighted by atomic mass is 9.89. The number of ether oxygens (including phenoxy) is 1. The number of amides is 1. The number of hydrogen-bond acceptors (Lipinski definition) is 3. The molecule has 0 spiro atoms. The molecule has 2 unspecified atom stereocenters. The van der Waals surface area contributed by atoms with Crippen molar-refractivity contribution in [2.45, 2.75) is 31.3 Å². The summed E-state index contributed by atoms with van der Waals surface area (Å²) in [4.78, 5) is 14.0. The number of carbonyl (C=O) groups excluding carboxylic acids is 1. The van der Waals surface area contributed by atoms with Crippen LogP contribution in [0.1, 0.15) is 30.9 Å². The fourth-order valence-corrected chi connectivity index (χ4v) is 3.22. The first-order valence-corrected chi connectivity index (χ1v) is 6.96. The third-order valence-corrected chi connectivity index (χ3v) is 4.18. The van der Waals surface area contributed by atoms with E-state index in [1.54, 1.807) is 7.11 Å². The number of piperidine rings is 1. The molecular weight excluding hydrogens is 240 g/mol. The molecule has 2 fully saturated rings. The van der Waals surface area contributed by atoms with Gasteiger partial charge in [-0.2, -0.15) is 0 Å². The fraction of sp³-hybridized carbons (Fsp3) is 0.533. The summed E-state index contributed by atoms with van der Waals surface area (Å²) in [6.45, 7) is 1.35. The van der Waals surface area contributed by atoms with Crippen molar-refractivity contribution in [1.82, 2.24) is 10.2 Å². The van der Waals surface area contributed by atoms with Crippen molar-refractivity contribution in [3.05, 3.63) is 29.8 Å². The molecule has 3 rings (SSSR count). The maximum atomic E-state index is 12.0. The van der Waals surface area contributed by atoms with Crippen LogP contribution in [0.25, 0.3) is 0 Å². The van der Waals surface area contributed by atoms with Gasteiger partial charge in [-0.25, -0.2) is 0 Å². The van der Waals surface area contributed by atoms with E-state index < -0.39 is 0 Å². The summed E-state index contributed by atoms with van der Waals surface area (Å²) in [5.74, 6) is 1.11. The van der Waals surface area contributed by atoms with E-state index in [4.69, 9.17) is 4.74 Å². The Morgan fingerprint density at radius 2 is 2.26 bits per heavy atom. The minimum absolute atomic E-state index is 0.230. The Kier molecular flexibility index (Phi) is 3.42. The summed E-state index contributed by atoms with van der Waals surface area (Å²) in [7, 11) is 1.68. The first kappa shape index (κ1) is 12.5. The van der Waals surface area contributed by atoms with Gasteiger partial charge in [-0.3, -0.25) is 10.1 Å². The van der Waals surface area contributed by atoms with Crippen molar-refractivity contribution in [1.29, 1.82) is 0 Å². The highest BCUT2D eigenvalue weighted by molar-refractivity contribution is 5.79. The van der Waals surface area contributed by atoms with Gasteiger partial charge in [0, 0.05) is 6.54 Å². The normalized spacial score (nSPS) is 27.0. The third-order valence-electron chi connectivity index (χ3n) is 4.18. The summed E-state index contributed by atoms with van der Waals surface area (Å²) < 4.78 is 5.29. The number of rotatable bonds is 2. The highest BCUT2D eigenvalue weighted by Crippen LogP contribution is 2.32. The Morgan fingerprint density at radius 3 is 3.11 bits per heavy atom. The van der Waals surface area contributed by atoms with Crippen molar-refractivity contribution in [3.8, 4) is 5.75 Å². The van der Waals surface area contributed by atoms with Crippen molar-refractivity contribution in [3.63, 3.8) is 0 Å². The summed E-state index contributed by atoms with van der Waals surface area (Å²) in [6.07, 6.45) is 3.42. The zero-order valence-electron chi connectivity index (χ0n) is 11.3. The van der Waals surface area contributed by atoms with Gasteiger partial charge in [-0.15, -0.1) is 0 Å². The van der Waals surface area contributed by atoms with Gasteiger partial charge in [0.05, 0.1) is 25.7 Å². The van der Waals surface area contributed by atoms with Crippen LogP contribution in [0.5, 0.6) is 5.75 Å². The molecule has 2 atom stereocenters. The van der Waals surface area contributed by atoms with Crippen LogP contribution in [-0.4, -0.2) is 37.0 Å². The minimum Gasteiger partial charge on any atom is -0.497 e. The molecule has 2 aliphatic heterocycles. The Balaban J connectivity index is 1.88. The summed E-state index contributed by atoms with van der Waals surface area (Å²) in [6, 6.07) is 8.67. The Labute approximate surface area is 113 Å². The number of hydrogen-bond donors (Lipinski definition) is 1. The van der Waals surface area contributed by atoms with Crippen LogP contribution in [0.4, 0.5) is 0 Å². The van der Waals surface area contributed by atoms with Crippen LogP contribution >= 0.6 is 0 Å². The van der Waals surface area contributed by atoms with Gasteiger partial charge in [-0.05, 0) is 37.0 Å². The highest BCUT2D eigenvalue weighted by atomic mass is 16.5. The molecule has 2 saturated heterocycles. The Morgan fingerprint density at radius 1 is 1.37 bits per heavy atom. The molecule has 0 aromatic heterocycles. The zero-order chi connectivity index (χ0) is 13.2. The summed E-state index contributed by atoms with van der Waals surface area (Å²) >= 11 is 0. The van der Waals surface area contributed by atoms with Gasteiger partial charge in [0.15, 0.2) is 0 Å². The van der Waals surface area contributed by atoms with Gasteiger partial charge in [-0.1, -0.05) is 12.1 Å². The molecule has 2 heterocycles. The predicted molar refractivity (Wildman–Crippen MR) is 73.1 cm³/mol. The maximum absolute atomic E-state index is 12.0. The molecular formula is C15H20N2O2. The second-order valence-electron chi connectivity index (χ2n) is 5.29. The molecule has 0 saturated carbocycles. The molecule has 4 nitrogen and oxygen atoms in total. The summed E-state index contributed by atoms with van der Waals surface area (Å²) in [5, 5.41) is 3.39. The molecule has 19 heavy (non-hydrogen) atoms. The topological polar surface area (TPSA) is 41.6 Å². The van der Waals surface area contributed by atoms with E-state index in [9.17, 15) is 4.79 Å². The largest absolute Gasteiger partial charge is 0.497 e. The van der Waals surface area contributed by atoms with E-state index in [0.717, 1.165) is 25.1 Å². The molecule has 0 aliphatic carbocycles. The number of fused-ring (bicyclic) bond motifs is 1. The maximum Gasteiger partial charge on any atom is 0.236 e. The van der Waals surface area contributed by atoms with Crippen LogP contribution in [0, 0.1) is 0 Å². The standard InChI is InChI=1S/C15H20N2O2/c1-19-12-6-4-5-11(9-12)15-13-7-2-3-8-17(13)14(18)10-16-15/h4-6,9,13,15-16H,2-3,7-8,10H2,1H3. The number of nitrogens with zero attached hydrogens (tertiary/aromatic N) is 1. The number of nitrogens with one attached hydrogen (secondary N) is 1. The number of carbonyl (C=O) groups is 1. The van der Waals surface area contributed by atoms with E-state index in [2.05, 4.69) is 22.3 Å². The Bertz CT molecular complexity index is 475. The van der Waals surface area contributed by atoms with Crippen molar-refractivity contribution < 1.29 is 9.53 Å². The van der Waals surface area contributed by atoms with Crippen LogP contribution in [0.15, 0.2) is 24.3 Å². The number of benzene rings is 1. The predicted octanol–water partition coefficient (Wildman–Crippen LogP) is 1.72. The second-order valence-corrected chi connectivity index (χ2v) is 5.29. The lowest BCUT2D eigenvalue weighted by Gasteiger charge is -2.44. The fourth-order valence-electron chi connectivity index (χ4n) is 3.22. The van der Waals surface area contributed by atoms with E-state index in [1.807, 2.05) is 12.1 Å². The molecule has 1 aromatic rings. The van der Waals surface area contributed by atoms with Gasteiger partial charge >= 0.3 is 0 Å². The highest BCUT2D eigenvalue weighted by Gasteiger charge is 2.37. The smallest absolute Gasteiger partial charge is 0.236 e. The first-order valence-electron chi connectivity index (χ1n) is 6.96. The minimum atomic E-state index is 0.230. The van der Waals surface area contributed by atoms with E-state index in [-0.39, 0.29) is 11.9 Å². The van der Waals surface area contributed by atoms with Crippen LogP contribution < -0.4 is 10.1 Å². The van der Waals surface area contributed by atoms with Crippen LogP contribution in [0.3, 0.4) is 0 Å². The second kappa shape index (κ2) is 5.21. The lowest BCUT2D eigenvalue weighted by molar-refractivity contribution is -0.138. The monoisotopic (exact) mass is 260 g/mol. The molecule has 1 N–H and O–H groups in total. The molecule has 0 radical (unpaired) electrons. The van der Waals surface area contributed by atoms with Gasteiger partial charge in [0.2, 0.25) is 5.91 Å². The van der Waals surface area contributed by atoms with E-state index >= 15 is 0 Å². The van der Waals surface area contributed by atoms with Gasteiger partial charge in [0.25, 0.3) is 0 Å². The van der Waals surface area contributed by atoms with E-state index in [0.29, 0.717) is 12.6 Å². The van der Waals surface area contributed by atoms with Gasteiger partial charge in [0.1, 0.15) is 5.75 Å². The number of methoxy groups -OCH3 is 1. The lowest BCUT2D eigenvalue weighted by Crippen LogP contribution is -2.57. The first-order chi connectivity index (χ1) is 9.29. The molecule has 1 aromatic carbocycles. The number of piperazine rings is 1. The van der Waals surface area contributed by atoms with Crippen molar-refractivity contribution in [2.24, 2.45) is 0 Å². The summed E-state index contributed by atoms with van der Waals surface area (Å²) in [5.41, 5.74) is 1.21. The van der Waals surface area contributed by atoms with Crippen molar-refractivity contribution >= 4 is 5.91 Å². The third kappa shape index (κ3) is 2.32. The SMILES string of the molecule is COc1cccc(C2NCC(=O)N3CCCCC23)c1. The average Bonchev–Trinajstić information content (AvgIpc) is 2.48. The molecule has 2 aliphatic rings. The van der Waals surface area contributed by atoms with Crippen LogP contribution in [-0.2, 0) is 4.79 Å². The molecule has 1 amide bonds. The van der Waals surface area contributed by atoms with E-state index in [1.165, 1.54) is 12.0 Å². The average molecular weight is 260 g/mol. The molecule has 102 valence electrons. The van der Waals surface area contributed by atoms with Gasteiger partial charge < -0.3 is 9.64 Å². The quantitative estimate of drug-likeness (QED) is 0.880. The van der Waals surface area contributed by atoms with Crippen molar-refractivity contribution in [2.75, 3.05) is 20.2 Å². The Hall–Kier alpha value is -1.55. The molecule has 4 heteroatoms. The van der Waals surface area contributed by atoms with Crippen LogP contribution in [0.2, 0.25) is 0 Å².